The minimum absolute atomic E-state index is 0.267. The lowest BCUT2D eigenvalue weighted by atomic mass is 10.0. The molecule has 6 heteroatoms. The Morgan fingerprint density at radius 1 is 0.857 bits per heavy atom. The maximum absolute atomic E-state index is 12.1. The molecule has 1 heterocycles. The third kappa shape index (κ3) is 3.49. The van der Waals surface area contributed by atoms with Crippen LogP contribution in [0, 0.1) is 0 Å². The Morgan fingerprint density at radius 3 is 2.04 bits per heavy atom. The molecule has 4 nitrogen and oxygen atoms in total. The van der Waals surface area contributed by atoms with Gasteiger partial charge in [-0.25, -0.2) is 0 Å². The zero-order valence-electron chi connectivity index (χ0n) is 15.0. The Morgan fingerprint density at radius 2 is 1.43 bits per heavy atom. The first-order valence-electron chi connectivity index (χ1n) is 8.69. The van der Waals surface area contributed by atoms with E-state index in [9.17, 15) is 4.79 Å². The molecule has 0 bridgehead atoms. The van der Waals surface area contributed by atoms with Gasteiger partial charge in [0.25, 0.3) is 0 Å². The molecule has 0 radical (unpaired) electrons. The molecule has 1 amide bonds. The summed E-state index contributed by atoms with van der Waals surface area (Å²) in [5.74, 6) is 0.0766. The van der Waals surface area contributed by atoms with Crippen molar-refractivity contribution in [3.63, 3.8) is 0 Å². The van der Waals surface area contributed by atoms with Gasteiger partial charge in [-0.2, -0.15) is 5.01 Å². The summed E-state index contributed by atoms with van der Waals surface area (Å²) < 4.78 is 6.00. The van der Waals surface area contributed by atoms with E-state index in [0.29, 0.717) is 21.5 Å². The van der Waals surface area contributed by atoms with Gasteiger partial charge in [0.05, 0.1) is 15.6 Å². The molecular weight excluding hydrogens is 395 g/mol. The van der Waals surface area contributed by atoms with Gasteiger partial charge in [-0.3, -0.25) is 4.79 Å². The lowest BCUT2D eigenvalue weighted by molar-refractivity contribution is -0.135. The zero-order chi connectivity index (χ0) is 19.7. The van der Waals surface area contributed by atoms with Crippen molar-refractivity contribution in [2.75, 3.05) is 0 Å². The number of carbonyl (C=O) groups excluding carboxylic acids is 1. The van der Waals surface area contributed by atoms with Gasteiger partial charge in [-0.15, -0.1) is 5.10 Å². The highest BCUT2D eigenvalue weighted by molar-refractivity contribution is 6.36. The van der Waals surface area contributed by atoms with Gasteiger partial charge in [-0.1, -0.05) is 71.7 Å². The number of ether oxygens (including phenoxy) is 1. The van der Waals surface area contributed by atoms with Crippen molar-refractivity contribution in [2.24, 2.45) is 5.10 Å². The molecule has 0 fully saturated rings. The Kier molecular flexibility index (Phi) is 5.07. The van der Waals surface area contributed by atoms with Gasteiger partial charge in [-0.05, 0) is 35.4 Å². The molecule has 0 unspecified atom stereocenters. The zero-order valence-corrected chi connectivity index (χ0v) is 16.5. The van der Waals surface area contributed by atoms with Crippen LogP contribution in [0.4, 0.5) is 0 Å². The topological polar surface area (TPSA) is 41.9 Å². The monoisotopic (exact) mass is 410 g/mol. The van der Waals surface area contributed by atoms with E-state index in [2.05, 4.69) is 5.10 Å². The number of rotatable bonds is 3. The number of hydrogen-bond acceptors (Lipinski definition) is 3. The van der Waals surface area contributed by atoms with E-state index in [1.165, 1.54) is 11.9 Å². The highest BCUT2D eigenvalue weighted by Gasteiger charge is 2.35. The van der Waals surface area contributed by atoms with Gasteiger partial charge in [0.1, 0.15) is 0 Å². The van der Waals surface area contributed by atoms with Crippen molar-refractivity contribution >= 4 is 35.0 Å². The van der Waals surface area contributed by atoms with Crippen LogP contribution in [0.15, 0.2) is 77.9 Å². The summed E-state index contributed by atoms with van der Waals surface area (Å²) in [6, 6.07) is 23.0. The summed E-state index contributed by atoms with van der Waals surface area (Å²) in [4.78, 5) is 12.1. The van der Waals surface area contributed by atoms with E-state index >= 15 is 0 Å². The van der Waals surface area contributed by atoms with Crippen molar-refractivity contribution in [1.29, 1.82) is 0 Å². The molecule has 3 aromatic rings. The van der Waals surface area contributed by atoms with Crippen LogP contribution >= 0.6 is 23.2 Å². The average molecular weight is 411 g/mol. The third-order valence-corrected chi connectivity index (χ3v) is 5.11. The fourth-order valence-electron chi connectivity index (χ4n) is 3.05. The normalized spacial score (nSPS) is 15.9. The van der Waals surface area contributed by atoms with Crippen LogP contribution in [0.25, 0.3) is 11.1 Å². The summed E-state index contributed by atoms with van der Waals surface area (Å²) in [6.45, 7) is 1.42. The standard InChI is InChI=1S/C22H16Cl2N2O2/c1-14(27)26-22(20-18(23)8-5-9-19(20)24)28-21(25-26)17-12-10-16(11-13-17)15-6-3-2-4-7-15/h2-13,22H,1H3/t22-/m1/s1. The highest BCUT2D eigenvalue weighted by atomic mass is 35.5. The number of amides is 1. The summed E-state index contributed by atoms with van der Waals surface area (Å²) >= 11 is 12.6. The molecular formula is C22H16Cl2N2O2. The van der Waals surface area contributed by atoms with Crippen molar-refractivity contribution < 1.29 is 9.53 Å². The van der Waals surface area contributed by atoms with E-state index in [-0.39, 0.29) is 5.91 Å². The molecule has 28 heavy (non-hydrogen) atoms. The minimum atomic E-state index is -0.803. The Bertz CT molecular complexity index is 1030. The molecule has 0 aliphatic carbocycles. The smallest absolute Gasteiger partial charge is 0.243 e. The molecule has 1 atom stereocenters. The summed E-state index contributed by atoms with van der Waals surface area (Å²) in [5.41, 5.74) is 3.48. The fraction of sp³-hybridized carbons (Fsp3) is 0.0909. The maximum Gasteiger partial charge on any atom is 0.243 e. The van der Waals surface area contributed by atoms with Crippen molar-refractivity contribution in [3.05, 3.63) is 94.0 Å². The first-order valence-corrected chi connectivity index (χ1v) is 9.45. The predicted molar refractivity (Wildman–Crippen MR) is 111 cm³/mol. The Hall–Kier alpha value is -2.82. The van der Waals surface area contributed by atoms with Crippen LogP contribution in [0.5, 0.6) is 0 Å². The molecule has 4 rings (SSSR count). The third-order valence-electron chi connectivity index (χ3n) is 4.45. The van der Waals surface area contributed by atoms with Gasteiger partial charge < -0.3 is 4.74 Å². The van der Waals surface area contributed by atoms with Gasteiger partial charge in [0.2, 0.25) is 18.0 Å². The second-order valence-corrected chi connectivity index (χ2v) is 7.13. The minimum Gasteiger partial charge on any atom is -0.446 e. The number of carbonyl (C=O) groups is 1. The molecule has 0 spiro atoms. The first-order chi connectivity index (χ1) is 13.5. The van der Waals surface area contributed by atoms with Crippen LogP contribution < -0.4 is 0 Å². The second-order valence-electron chi connectivity index (χ2n) is 6.32. The number of halogens is 2. The molecule has 0 saturated carbocycles. The fourth-order valence-corrected chi connectivity index (χ4v) is 3.64. The average Bonchev–Trinajstić information content (AvgIpc) is 3.14. The molecule has 0 saturated heterocycles. The molecule has 0 N–H and O–H groups in total. The number of hydrazone groups is 1. The van der Waals surface area contributed by atoms with Crippen LogP contribution in [0.2, 0.25) is 10.0 Å². The maximum atomic E-state index is 12.1. The van der Waals surface area contributed by atoms with Crippen molar-refractivity contribution in [3.8, 4) is 11.1 Å². The second kappa shape index (κ2) is 7.66. The summed E-state index contributed by atoms with van der Waals surface area (Å²) in [6.07, 6.45) is -0.803. The summed E-state index contributed by atoms with van der Waals surface area (Å²) in [7, 11) is 0. The van der Waals surface area contributed by atoms with Crippen LogP contribution in [-0.2, 0) is 9.53 Å². The SMILES string of the molecule is CC(=O)N1N=C(c2ccc(-c3ccccc3)cc2)O[C@@H]1c1c(Cl)cccc1Cl. The number of hydrogen-bond donors (Lipinski definition) is 0. The van der Waals surface area contributed by atoms with Crippen LogP contribution in [0.1, 0.15) is 24.3 Å². The Balaban J connectivity index is 1.66. The number of nitrogens with zero attached hydrogens (tertiary/aromatic N) is 2. The van der Waals surface area contributed by atoms with Gasteiger partial charge in [0, 0.05) is 12.5 Å². The molecule has 3 aromatic carbocycles. The molecule has 0 aromatic heterocycles. The largest absolute Gasteiger partial charge is 0.446 e. The molecule has 140 valence electrons. The van der Waals surface area contributed by atoms with E-state index in [1.54, 1.807) is 18.2 Å². The van der Waals surface area contributed by atoms with E-state index in [0.717, 1.165) is 16.7 Å². The number of benzene rings is 3. The quantitative estimate of drug-likeness (QED) is 0.539. The van der Waals surface area contributed by atoms with Crippen LogP contribution in [-0.4, -0.2) is 16.8 Å². The lowest BCUT2D eigenvalue weighted by Gasteiger charge is -2.21. The van der Waals surface area contributed by atoms with E-state index in [4.69, 9.17) is 27.9 Å². The summed E-state index contributed by atoms with van der Waals surface area (Å²) in [5, 5.41) is 6.45. The van der Waals surface area contributed by atoms with Gasteiger partial charge in [0.15, 0.2) is 0 Å². The Labute approximate surface area is 173 Å². The van der Waals surface area contributed by atoms with E-state index in [1.807, 2.05) is 54.6 Å². The van der Waals surface area contributed by atoms with Crippen LogP contribution in [0.3, 0.4) is 0 Å². The predicted octanol–water partition coefficient (Wildman–Crippen LogP) is 5.90. The first kappa shape index (κ1) is 18.5. The van der Waals surface area contributed by atoms with Crippen molar-refractivity contribution in [1.82, 2.24) is 5.01 Å². The van der Waals surface area contributed by atoms with E-state index < -0.39 is 6.23 Å². The highest BCUT2D eigenvalue weighted by Crippen LogP contribution is 2.38. The van der Waals surface area contributed by atoms with Crippen molar-refractivity contribution in [2.45, 2.75) is 13.2 Å². The van der Waals surface area contributed by atoms with Gasteiger partial charge >= 0.3 is 0 Å². The molecule has 1 aliphatic rings. The lowest BCUT2D eigenvalue weighted by Crippen LogP contribution is -2.25. The molecule has 1 aliphatic heterocycles.